The number of nitrogens with zero attached hydrogens (tertiary/aromatic N) is 2. The topological polar surface area (TPSA) is 46.3 Å². The van der Waals surface area contributed by atoms with Crippen LogP contribution in [0.15, 0.2) is 82.8 Å². The van der Waals surface area contributed by atoms with Crippen LogP contribution in [0.5, 0.6) is 0 Å². The Hall–Kier alpha value is -3.18. The lowest BCUT2D eigenvalue weighted by atomic mass is 10.2. The molecule has 4 nitrogen and oxygen atoms in total. The number of hydrogen-bond acceptors (Lipinski definition) is 4. The Morgan fingerprint density at radius 3 is 2.54 bits per heavy atom. The molecule has 5 heteroatoms. The summed E-state index contributed by atoms with van der Waals surface area (Å²) in [5, 5.41) is 2.89. The molecule has 0 unspecified atom stereocenters. The molecule has 2 heterocycles. The minimum Gasteiger partial charge on any atom is -0.467 e. The second-order valence-corrected chi connectivity index (χ2v) is 7.44. The van der Waals surface area contributed by atoms with Gasteiger partial charge in [-0.2, -0.15) is 0 Å². The molecule has 140 valence electrons. The molecule has 4 aromatic rings. The second-order valence-electron chi connectivity index (χ2n) is 6.58. The molecule has 0 saturated carbocycles. The third-order valence-electron chi connectivity index (χ3n) is 4.45. The van der Waals surface area contributed by atoms with Gasteiger partial charge in [0, 0.05) is 16.6 Å². The third-order valence-corrected chi connectivity index (χ3v) is 5.39. The molecule has 0 aliphatic carbocycles. The average molecular weight is 388 g/mol. The van der Waals surface area contributed by atoms with Gasteiger partial charge in [0.2, 0.25) is 5.91 Å². The Labute approximate surface area is 168 Å². The Balaban J connectivity index is 1.55. The number of hydrogen-bond donors (Lipinski definition) is 0. The monoisotopic (exact) mass is 388 g/mol. The quantitative estimate of drug-likeness (QED) is 0.439. The van der Waals surface area contributed by atoms with Crippen LogP contribution in [-0.4, -0.2) is 10.9 Å². The summed E-state index contributed by atoms with van der Waals surface area (Å²) in [5.41, 5.74) is 3.86. The van der Waals surface area contributed by atoms with Gasteiger partial charge in [-0.3, -0.25) is 4.79 Å². The largest absolute Gasteiger partial charge is 0.467 e. The number of anilines is 1. The standard InChI is InChI=1S/C23H20N2O2S/c1-17-9-11-20(12-10-17)25(15-21-8-5-13-27-21)22(26)14-19-16-28-23(24-19)18-6-3-2-4-7-18/h2-13,16H,14-15H2,1H3. The van der Waals surface area contributed by atoms with E-state index in [-0.39, 0.29) is 12.3 Å². The van der Waals surface area contributed by atoms with Gasteiger partial charge < -0.3 is 9.32 Å². The van der Waals surface area contributed by atoms with E-state index in [1.807, 2.05) is 79.0 Å². The van der Waals surface area contributed by atoms with Crippen LogP contribution in [0.25, 0.3) is 10.6 Å². The van der Waals surface area contributed by atoms with Crippen LogP contribution in [-0.2, 0) is 17.8 Å². The fourth-order valence-corrected chi connectivity index (χ4v) is 3.78. The molecule has 0 spiro atoms. The fraction of sp³-hybridized carbons (Fsp3) is 0.130. The zero-order chi connectivity index (χ0) is 19.3. The van der Waals surface area contributed by atoms with Crippen LogP contribution in [0.4, 0.5) is 5.69 Å². The smallest absolute Gasteiger partial charge is 0.233 e. The highest BCUT2D eigenvalue weighted by Gasteiger charge is 2.19. The number of benzene rings is 2. The van der Waals surface area contributed by atoms with Gasteiger partial charge in [-0.15, -0.1) is 11.3 Å². The first-order valence-corrected chi connectivity index (χ1v) is 9.96. The van der Waals surface area contributed by atoms with Crippen LogP contribution in [0.2, 0.25) is 0 Å². The molecule has 28 heavy (non-hydrogen) atoms. The van der Waals surface area contributed by atoms with Crippen molar-refractivity contribution in [2.45, 2.75) is 19.9 Å². The summed E-state index contributed by atoms with van der Waals surface area (Å²) in [7, 11) is 0. The van der Waals surface area contributed by atoms with E-state index in [2.05, 4.69) is 4.98 Å². The molecular weight excluding hydrogens is 368 g/mol. The average Bonchev–Trinajstić information content (AvgIpc) is 3.40. The number of amides is 1. The Kier molecular flexibility index (Phi) is 5.35. The van der Waals surface area contributed by atoms with E-state index in [1.54, 1.807) is 22.5 Å². The first kappa shape index (κ1) is 18.2. The number of aryl methyl sites for hydroxylation is 1. The molecule has 0 N–H and O–H groups in total. The lowest BCUT2D eigenvalue weighted by Gasteiger charge is -2.22. The van der Waals surface area contributed by atoms with Crippen LogP contribution in [0.3, 0.4) is 0 Å². The van der Waals surface area contributed by atoms with Gasteiger partial charge in [0.25, 0.3) is 0 Å². The van der Waals surface area contributed by atoms with E-state index >= 15 is 0 Å². The van der Waals surface area contributed by atoms with Gasteiger partial charge in [0.1, 0.15) is 10.8 Å². The molecule has 4 rings (SSSR count). The van der Waals surface area contributed by atoms with Gasteiger partial charge in [-0.1, -0.05) is 48.0 Å². The van der Waals surface area contributed by atoms with Gasteiger partial charge >= 0.3 is 0 Å². The Morgan fingerprint density at radius 2 is 1.82 bits per heavy atom. The summed E-state index contributed by atoms with van der Waals surface area (Å²) in [6.45, 7) is 2.42. The van der Waals surface area contributed by atoms with Gasteiger partial charge in [-0.05, 0) is 31.2 Å². The van der Waals surface area contributed by atoms with Crippen LogP contribution < -0.4 is 4.90 Å². The van der Waals surface area contributed by atoms with Crippen LogP contribution in [0, 0.1) is 6.92 Å². The van der Waals surface area contributed by atoms with Crippen molar-refractivity contribution in [2.24, 2.45) is 0 Å². The van der Waals surface area contributed by atoms with Crippen molar-refractivity contribution in [3.05, 3.63) is 95.4 Å². The lowest BCUT2D eigenvalue weighted by molar-refractivity contribution is -0.118. The van der Waals surface area contributed by atoms with Crippen molar-refractivity contribution in [1.82, 2.24) is 4.98 Å². The summed E-state index contributed by atoms with van der Waals surface area (Å²) >= 11 is 1.56. The molecule has 1 amide bonds. The molecule has 0 atom stereocenters. The van der Waals surface area contributed by atoms with E-state index in [4.69, 9.17) is 4.42 Å². The molecule has 0 fully saturated rings. The summed E-state index contributed by atoms with van der Waals surface area (Å²) in [6, 6.07) is 21.7. The predicted octanol–water partition coefficient (Wildman–Crippen LogP) is 5.49. The van der Waals surface area contributed by atoms with Gasteiger partial charge in [0.05, 0.1) is 24.9 Å². The summed E-state index contributed by atoms with van der Waals surface area (Å²) in [6.07, 6.45) is 1.87. The maximum Gasteiger partial charge on any atom is 0.233 e. The molecule has 0 aliphatic heterocycles. The summed E-state index contributed by atoms with van der Waals surface area (Å²) in [5.74, 6) is 0.738. The number of carbonyl (C=O) groups is 1. The molecular formula is C23H20N2O2S. The molecule has 2 aromatic carbocycles. The number of thiazole rings is 1. The van der Waals surface area contributed by atoms with Crippen molar-refractivity contribution < 1.29 is 9.21 Å². The maximum atomic E-state index is 13.1. The highest BCUT2D eigenvalue weighted by Crippen LogP contribution is 2.25. The molecule has 2 aromatic heterocycles. The highest BCUT2D eigenvalue weighted by atomic mass is 32.1. The first-order chi connectivity index (χ1) is 13.7. The number of furan rings is 1. The minimum absolute atomic E-state index is 0.00911. The number of rotatable bonds is 6. The summed E-state index contributed by atoms with van der Waals surface area (Å²) < 4.78 is 5.46. The molecule has 0 radical (unpaired) electrons. The predicted molar refractivity (Wildman–Crippen MR) is 112 cm³/mol. The van der Waals surface area contributed by atoms with Gasteiger partial charge in [0.15, 0.2) is 0 Å². The highest BCUT2D eigenvalue weighted by molar-refractivity contribution is 7.13. The Bertz CT molecular complexity index is 1040. The first-order valence-electron chi connectivity index (χ1n) is 9.08. The van der Waals surface area contributed by atoms with Crippen molar-refractivity contribution in [3.63, 3.8) is 0 Å². The molecule has 0 bridgehead atoms. The van der Waals surface area contributed by atoms with Crippen molar-refractivity contribution in [2.75, 3.05) is 4.90 Å². The molecule has 0 saturated heterocycles. The third kappa shape index (κ3) is 4.21. The summed E-state index contributed by atoms with van der Waals surface area (Å²) in [4.78, 5) is 19.5. The van der Waals surface area contributed by atoms with Crippen molar-refractivity contribution in [3.8, 4) is 10.6 Å². The number of carbonyl (C=O) groups excluding carboxylic acids is 1. The maximum absolute atomic E-state index is 13.1. The van der Waals surface area contributed by atoms with Crippen LogP contribution in [0.1, 0.15) is 17.0 Å². The Morgan fingerprint density at radius 1 is 1.04 bits per heavy atom. The van der Waals surface area contributed by atoms with Crippen molar-refractivity contribution >= 4 is 22.9 Å². The zero-order valence-electron chi connectivity index (χ0n) is 15.5. The van der Waals surface area contributed by atoms with Gasteiger partial charge in [-0.25, -0.2) is 4.98 Å². The number of aromatic nitrogens is 1. The van der Waals surface area contributed by atoms with Crippen LogP contribution >= 0.6 is 11.3 Å². The van der Waals surface area contributed by atoms with E-state index < -0.39 is 0 Å². The SMILES string of the molecule is Cc1ccc(N(Cc2ccco2)C(=O)Cc2csc(-c3ccccc3)n2)cc1. The zero-order valence-corrected chi connectivity index (χ0v) is 16.4. The lowest BCUT2D eigenvalue weighted by Crippen LogP contribution is -2.31. The van der Waals surface area contributed by atoms with E-state index in [9.17, 15) is 4.79 Å². The second kappa shape index (κ2) is 8.23. The van der Waals surface area contributed by atoms with E-state index in [0.717, 1.165) is 33.3 Å². The normalized spacial score (nSPS) is 10.8. The van der Waals surface area contributed by atoms with E-state index in [1.165, 1.54) is 0 Å². The molecule has 0 aliphatic rings. The van der Waals surface area contributed by atoms with Crippen molar-refractivity contribution in [1.29, 1.82) is 0 Å². The fourth-order valence-electron chi connectivity index (χ4n) is 2.96. The minimum atomic E-state index is -0.00911. The van der Waals surface area contributed by atoms with E-state index in [0.29, 0.717) is 6.54 Å².